The van der Waals surface area contributed by atoms with E-state index in [2.05, 4.69) is 24.1 Å². The van der Waals surface area contributed by atoms with Crippen molar-refractivity contribution in [2.45, 2.75) is 65.0 Å². The first-order valence-corrected chi connectivity index (χ1v) is 12.5. The fraction of sp³-hybridized carbons (Fsp3) is 0.500. The van der Waals surface area contributed by atoms with Gasteiger partial charge in [0.05, 0.1) is 20.1 Å². The molecule has 0 fully saturated rings. The van der Waals surface area contributed by atoms with Crippen molar-refractivity contribution >= 4 is 17.8 Å². The van der Waals surface area contributed by atoms with Gasteiger partial charge in [0.25, 0.3) is 5.91 Å². The molecule has 0 unspecified atom stereocenters. The third-order valence-corrected chi connectivity index (χ3v) is 5.88. The monoisotopic (exact) mass is 514 g/mol. The van der Waals surface area contributed by atoms with Crippen LogP contribution in [0.15, 0.2) is 42.6 Å². The van der Waals surface area contributed by atoms with Crippen LogP contribution in [-0.4, -0.2) is 55.8 Å². The van der Waals surface area contributed by atoms with E-state index in [9.17, 15) is 14.4 Å². The standard InChI is InChI=1S/C28H38N2O7/c1-18(2)12-13-22(21-10-8-7-9-11-21)20(4)36-28(33)19(3)30-27(32)25-26(23(35-6)14-16-29-25)37-24(31)15-17-34-5/h7-11,14,16,18-20,22H,12-13,15,17H2,1-6H3,(H,30,32)/t19-,20-,22-/m0/s1. The average Bonchev–Trinajstić information content (AvgIpc) is 2.87. The lowest BCUT2D eigenvalue weighted by molar-refractivity contribution is -0.151. The number of amides is 1. The second-order valence-electron chi connectivity index (χ2n) is 9.23. The van der Waals surface area contributed by atoms with Crippen molar-refractivity contribution in [2.24, 2.45) is 5.92 Å². The van der Waals surface area contributed by atoms with Gasteiger partial charge in [0.1, 0.15) is 12.1 Å². The summed E-state index contributed by atoms with van der Waals surface area (Å²) in [5.41, 5.74) is 0.914. The van der Waals surface area contributed by atoms with Gasteiger partial charge in [-0.05, 0) is 31.7 Å². The molecule has 37 heavy (non-hydrogen) atoms. The third kappa shape index (κ3) is 9.17. The highest BCUT2D eigenvalue weighted by Gasteiger charge is 2.28. The van der Waals surface area contributed by atoms with E-state index in [0.717, 1.165) is 18.4 Å². The van der Waals surface area contributed by atoms with E-state index in [4.69, 9.17) is 18.9 Å². The number of esters is 2. The molecule has 1 amide bonds. The number of pyridine rings is 1. The fourth-order valence-corrected chi connectivity index (χ4v) is 3.78. The van der Waals surface area contributed by atoms with Gasteiger partial charge in [-0.25, -0.2) is 9.78 Å². The zero-order valence-corrected chi connectivity index (χ0v) is 22.5. The van der Waals surface area contributed by atoms with E-state index in [1.54, 1.807) is 0 Å². The fourth-order valence-electron chi connectivity index (χ4n) is 3.78. The Morgan fingerprint density at radius 1 is 0.973 bits per heavy atom. The molecule has 0 bridgehead atoms. The van der Waals surface area contributed by atoms with Gasteiger partial charge in [0, 0.05) is 25.3 Å². The molecule has 0 aliphatic rings. The predicted octanol–water partition coefficient (Wildman–Crippen LogP) is 4.30. The Morgan fingerprint density at radius 2 is 1.68 bits per heavy atom. The molecular formula is C28H38N2O7. The second-order valence-corrected chi connectivity index (χ2v) is 9.23. The van der Waals surface area contributed by atoms with E-state index < -0.39 is 30.0 Å². The van der Waals surface area contributed by atoms with Crippen LogP contribution in [0.4, 0.5) is 0 Å². The van der Waals surface area contributed by atoms with Crippen molar-refractivity contribution in [1.29, 1.82) is 0 Å². The highest BCUT2D eigenvalue weighted by atomic mass is 16.6. The molecule has 0 spiro atoms. The van der Waals surface area contributed by atoms with Crippen LogP contribution in [-0.2, 0) is 19.1 Å². The van der Waals surface area contributed by atoms with Crippen molar-refractivity contribution in [3.63, 3.8) is 0 Å². The molecule has 2 rings (SSSR count). The van der Waals surface area contributed by atoms with Gasteiger partial charge in [-0.3, -0.25) is 9.59 Å². The second kappa shape index (κ2) is 14.9. The Bertz CT molecular complexity index is 1030. The SMILES string of the molecule is COCCC(=O)Oc1c(OC)ccnc1C(=O)N[C@@H](C)C(=O)O[C@@H](C)[C@H](CCC(C)C)c1ccccc1. The maximum atomic E-state index is 13.0. The molecule has 0 aliphatic carbocycles. The van der Waals surface area contributed by atoms with E-state index in [-0.39, 0.29) is 36.1 Å². The third-order valence-electron chi connectivity index (χ3n) is 5.88. The first-order valence-electron chi connectivity index (χ1n) is 12.5. The first kappa shape index (κ1) is 29.8. The minimum Gasteiger partial charge on any atom is -0.493 e. The number of ether oxygens (including phenoxy) is 4. The molecule has 1 heterocycles. The van der Waals surface area contributed by atoms with Crippen LogP contribution in [0.2, 0.25) is 0 Å². The van der Waals surface area contributed by atoms with E-state index in [1.165, 1.54) is 33.4 Å². The largest absolute Gasteiger partial charge is 0.493 e. The lowest BCUT2D eigenvalue weighted by Gasteiger charge is -2.26. The number of benzene rings is 1. The van der Waals surface area contributed by atoms with Crippen LogP contribution in [0.1, 0.15) is 68.9 Å². The molecule has 1 N–H and O–H groups in total. The normalized spacial score (nSPS) is 13.4. The molecule has 3 atom stereocenters. The quantitative estimate of drug-likeness (QED) is 0.371. The minimum atomic E-state index is -0.971. The zero-order chi connectivity index (χ0) is 27.4. The summed E-state index contributed by atoms with van der Waals surface area (Å²) in [6.07, 6.45) is 2.78. The summed E-state index contributed by atoms with van der Waals surface area (Å²) in [5.74, 6) is -1.33. The topological polar surface area (TPSA) is 113 Å². The van der Waals surface area contributed by atoms with Gasteiger partial charge >= 0.3 is 11.9 Å². The molecule has 0 saturated carbocycles. The lowest BCUT2D eigenvalue weighted by atomic mass is 9.87. The molecular weight excluding hydrogens is 476 g/mol. The summed E-state index contributed by atoms with van der Waals surface area (Å²) in [5, 5.41) is 2.59. The number of nitrogens with zero attached hydrogens (tertiary/aromatic N) is 1. The maximum Gasteiger partial charge on any atom is 0.328 e. The van der Waals surface area contributed by atoms with Crippen LogP contribution in [0.5, 0.6) is 11.5 Å². The molecule has 0 saturated heterocycles. The number of aromatic nitrogens is 1. The molecule has 9 nitrogen and oxygen atoms in total. The molecule has 0 radical (unpaired) electrons. The van der Waals surface area contributed by atoms with E-state index >= 15 is 0 Å². The van der Waals surface area contributed by atoms with E-state index in [1.807, 2.05) is 37.3 Å². The summed E-state index contributed by atoms with van der Waals surface area (Å²) in [4.78, 5) is 42.1. The van der Waals surface area contributed by atoms with E-state index in [0.29, 0.717) is 5.92 Å². The molecule has 1 aromatic carbocycles. The predicted molar refractivity (Wildman–Crippen MR) is 139 cm³/mol. The molecule has 202 valence electrons. The van der Waals surface area contributed by atoms with Crippen molar-refractivity contribution < 1.29 is 33.3 Å². The molecule has 9 heteroatoms. The Morgan fingerprint density at radius 3 is 2.30 bits per heavy atom. The molecule has 0 aliphatic heterocycles. The van der Waals surface area contributed by atoms with Gasteiger partial charge in [-0.2, -0.15) is 0 Å². The summed E-state index contributed by atoms with van der Waals surface area (Å²) < 4.78 is 21.2. The Balaban J connectivity index is 2.12. The number of methoxy groups -OCH3 is 2. The highest BCUT2D eigenvalue weighted by molar-refractivity contribution is 5.98. The van der Waals surface area contributed by atoms with Crippen LogP contribution in [0, 0.1) is 5.92 Å². The highest BCUT2D eigenvalue weighted by Crippen LogP contribution is 2.31. The molecule has 1 aromatic heterocycles. The number of rotatable bonds is 14. The zero-order valence-electron chi connectivity index (χ0n) is 22.5. The van der Waals surface area contributed by atoms with Crippen LogP contribution < -0.4 is 14.8 Å². The van der Waals surface area contributed by atoms with Crippen molar-refractivity contribution in [3.05, 3.63) is 53.9 Å². The number of hydrogen-bond donors (Lipinski definition) is 1. The van der Waals surface area contributed by atoms with Crippen molar-refractivity contribution in [2.75, 3.05) is 20.8 Å². The lowest BCUT2D eigenvalue weighted by Crippen LogP contribution is -2.41. The maximum absolute atomic E-state index is 13.0. The summed E-state index contributed by atoms with van der Waals surface area (Å²) in [7, 11) is 2.85. The van der Waals surface area contributed by atoms with Crippen LogP contribution >= 0.6 is 0 Å². The van der Waals surface area contributed by atoms with Crippen molar-refractivity contribution in [3.8, 4) is 11.5 Å². The Labute approximate surface area is 218 Å². The van der Waals surface area contributed by atoms with Crippen molar-refractivity contribution in [1.82, 2.24) is 10.3 Å². The van der Waals surface area contributed by atoms with Gasteiger partial charge in [0.15, 0.2) is 11.4 Å². The number of carbonyl (C=O) groups excluding carboxylic acids is 3. The van der Waals surface area contributed by atoms with Gasteiger partial charge in [-0.15, -0.1) is 0 Å². The first-order chi connectivity index (χ1) is 17.7. The number of hydrogen-bond acceptors (Lipinski definition) is 8. The summed E-state index contributed by atoms with van der Waals surface area (Å²) in [6, 6.07) is 10.4. The minimum absolute atomic E-state index is 0.0182. The van der Waals surface area contributed by atoms with Gasteiger partial charge < -0.3 is 24.3 Å². The Kier molecular flexibility index (Phi) is 12.0. The van der Waals surface area contributed by atoms with Gasteiger partial charge in [0.2, 0.25) is 5.75 Å². The number of carbonyl (C=O) groups is 3. The number of nitrogens with one attached hydrogen (secondary N) is 1. The molecule has 2 aromatic rings. The van der Waals surface area contributed by atoms with Crippen LogP contribution in [0.25, 0.3) is 0 Å². The van der Waals surface area contributed by atoms with Gasteiger partial charge in [-0.1, -0.05) is 50.6 Å². The average molecular weight is 515 g/mol. The van der Waals surface area contributed by atoms with Crippen LogP contribution in [0.3, 0.4) is 0 Å². The summed E-state index contributed by atoms with van der Waals surface area (Å²) in [6.45, 7) is 7.87. The smallest absolute Gasteiger partial charge is 0.328 e. The summed E-state index contributed by atoms with van der Waals surface area (Å²) >= 11 is 0. The Hall–Kier alpha value is -3.46.